The zero-order valence-corrected chi connectivity index (χ0v) is 11.8. The molecular formula is C16H26N2. The van der Waals surface area contributed by atoms with E-state index in [-0.39, 0.29) is 0 Å². The molecule has 1 aromatic rings. The highest BCUT2D eigenvalue weighted by Gasteiger charge is 2.12. The SMILES string of the molecule is Cc1ccccc1NCCN1CCCC(C)CC1. The highest BCUT2D eigenvalue weighted by molar-refractivity contribution is 5.50. The molecule has 1 N–H and O–H groups in total. The number of nitrogens with one attached hydrogen (secondary N) is 1. The van der Waals surface area contributed by atoms with Gasteiger partial charge in [-0.25, -0.2) is 0 Å². The van der Waals surface area contributed by atoms with E-state index in [1.807, 2.05) is 0 Å². The topological polar surface area (TPSA) is 15.3 Å². The second kappa shape index (κ2) is 6.79. The molecule has 1 aliphatic heterocycles. The molecule has 1 atom stereocenters. The van der Waals surface area contributed by atoms with Gasteiger partial charge in [0.2, 0.25) is 0 Å². The molecule has 0 spiro atoms. The van der Waals surface area contributed by atoms with Crippen molar-refractivity contribution in [2.45, 2.75) is 33.1 Å². The summed E-state index contributed by atoms with van der Waals surface area (Å²) in [5.41, 5.74) is 2.61. The van der Waals surface area contributed by atoms with Gasteiger partial charge in [0, 0.05) is 18.8 Å². The van der Waals surface area contributed by atoms with Crippen LogP contribution in [0.15, 0.2) is 24.3 Å². The number of likely N-dealkylation sites (tertiary alicyclic amines) is 1. The van der Waals surface area contributed by atoms with Gasteiger partial charge in [0.1, 0.15) is 0 Å². The van der Waals surface area contributed by atoms with Crippen LogP contribution in [0.25, 0.3) is 0 Å². The molecule has 0 aromatic heterocycles. The van der Waals surface area contributed by atoms with Crippen molar-refractivity contribution in [3.8, 4) is 0 Å². The smallest absolute Gasteiger partial charge is 0.0370 e. The van der Waals surface area contributed by atoms with Crippen molar-refractivity contribution in [3.63, 3.8) is 0 Å². The molecular weight excluding hydrogens is 220 g/mol. The first-order valence-electron chi connectivity index (χ1n) is 7.27. The Morgan fingerprint density at radius 1 is 1.22 bits per heavy atom. The van der Waals surface area contributed by atoms with Crippen LogP contribution in [0.3, 0.4) is 0 Å². The summed E-state index contributed by atoms with van der Waals surface area (Å²) in [5, 5.41) is 3.55. The summed E-state index contributed by atoms with van der Waals surface area (Å²) >= 11 is 0. The summed E-state index contributed by atoms with van der Waals surface area (Å²) in [7, 11) is 0. The highest BCUT2D eigenvalue weighted by Crippen LogP contribution is 2.16. The third kappa shape index (κ3) is 4.02. The lowest BCUT2D eigenvalue weighted by Crippen LogP contribution is -2.30. The third-order valence-corrected chi connectivity index (χ3v) is 4.00. The van der Waals surface area contributed by atoms with E-state index in [1.54, 1.807) is 0 Å². The number of aryl methyl sites for hydroxylation is 1. The van der Waals surface area contributed by atoms with Crippen molar-refractivity contribution in [3.05, 3.63) is 29.8 Å². The average Bonchev–Trinajstić information content (AvgIpc) is 2.57. The van der Waals surface area contributed by atoms with Crippen LogP contribution in [0, 0.1) is 12.8 Å². The van der Waals surface area contributed by atoms with E-state index in [0.717, 1.165) is 12.5 Å². The molecule has 0 amide bonds. The Balaban J connectivity index is 1.73. The largest absolute Gasteiger partial charge is 0.384 e. The number of hydrogen-bond acceptors (Lipinski definition) is 2. The number of nitrogens with zero attached hydrogens (tertiary/aromatic N) is 1. The van der Waals surface area contributed by atoms with Crippen LogP contribution in [0.5, 0.6) is 0 Å². The third-order valence-electron chi connectivity index (χ3n) is 4.00. The van der Waals surface area contributed by atoms with Crippen molar-refractivity contribution >= 4 is 5.69 Å². The van der Waals surface area contributed by atoms with Crippen LogP contribution < -0.4 is 5.32 Å². The quantitative estimate of drug-likeness (QED) is 0.874. The van der Waals surface area contributed by atoms with E-state index in [1.165, 1.54) is 50.1 Å². The van der Waals surface area contributed by atoms with Crippen molar-refractivity contribution in [2.75, 3.05) is 31.5 Å². The molecule has 0 bridgehead atoms. The molecule has 1 aliphatic rings. The maximum atomic E-state index is 3.55. The maximum absolute atomic E-state index is 3.55. The number of rotatable bonds is 4. The lowest BCUT2D eigenvalue weighted by atomic mass is 10.0. The van der Waals surface area contributed by atoms with Crippen LogP contribution in [-0.2, 0) is 0 Å². The van der Waals surface area contributed by atoms with Crippen molar-refractivity contribution in [1.82, 2.24) is 4.90 Å². The molecule has 0 saturated carbocycles. The monoisotopic (exact) mass is 246 g/mol. The van der Waals surface area contributed by atoms with Gasteiger partial charge in [-0.05, 0) is 56.8 Å². The van der Waals surface area contributed by atoms with Crippen molar-refractivity contribution < 1.29 is 0 Å². The molecule has 18 heavy (non-hydrogen) atoms. The molecule has 0 radical (unpaired) electrons. The molecule has 0 aliphatic carbocycles. The Morgan fingerprint density at radius 3 is 2.89 bits per heavy atom. The average molecular weight is 246 g/mol. The van der Waals surface area contributed by atoms with Gasteiger partial charge in [-0.2, -0.15) is 0 Å². The van der Waals surface area contributed by atoms with Gasteiger partial charge in [-0.1, -0.05) is 25.1 Å². The Kier molecular flexibility index (Phi) is 5.06. The van der Waals surface area contributed by atoms with E-state index in [0.29, 0.717) is 0 Å². The van der Waals surface area contributed by atoms with Gasteiger partial charge in [0.15, 0.2) is 0 Å². The lowest BCUT2D eigenvalue weighted by Gasteiger charge is -2.20. The Labute approximate surface area is 111 Å². The zero-order valence-electron chi connectivity index (χ0n) is 11.8. The number of benzene rings is 1. The fourth-order valence-corrected chi connectivity index (χ4v) is 2.67. The molecule has 2 nitrogen and oxygen atoms in total. The molecule has 1 unspecified atom stereocenters. The maximum Gasteiger partial charge on any atom is 0.0370 e. The van der Waals surface area contributed by atoms with Crippen LogP contribution in [0.4, 0.5) is 5.69 Å². The van der Waals surface area contributed by atoms with E-state index < -0.39 is 0 Å². The first-order valence-corrected chi connectivity index (χ1v) is 7.27. The minimum atomic E-state index is 0.916. The predicted octanol–water partition coefficient (Wildman–Crippen LogP) is 3.53. The number of para-hydroxylation sites is 1. The van der Waals surface area contributed by atoms with Gasteiger partial charge in [-0.15, -0.1) is 0 Å². The standard InChI is InChI=1S/C16H26N2/c1-14-6-5-11-18(12-9-14)13-10-17-16-8-4-3-7-15(16)2/h3-4,7-8,14,17H,5-6,9-13H2,1-2H3. The highest BCUT2D eigenvalue weighted by atomic mass is 15.1. The normalized spacial score (nSPS) is 21.6. The predicted molar refractivity (Wildman–Crippen MR) is 79.1 cm³/mol. The van der Waals surface area contributed by atoms with Gasteiger partial charge >= 0.3 is 0 Å². The Morgan fingerprint density at radius 2 is 2.06 bits per heavy atom. The first-order chi connectivity index (χ1) is 8.75. The van der Waals surface area contributed by atoms with Gasteiger partial charge < -0.3 is 10.2 Å². The summed E-state index contributed by atoms with van der Waals surface area (Å²) in [6, 6.07) is 8.52. The van der Waals surface area contributed by atoms with Gasteiger partial charge in [0.05, 0.1) is 0 Å². The minimum absolute atomic E-state index is 0.916. The second-order valence-electron chi connectivity index (χ2n) is 5.62. The van der Waals surface area contributed by atoms with E-state index >= 15 is 0 Å². The van der Waals surface area contributed by atoms with Crippen LogP contribution in [-0.4, -0.2) is 31.1 Å². The molecule has 1 aromatic carbocycles. The molecule has 100 valence electrons. The number of hydrogen-bond donors (Lipinski definition) is 1. The van der Waals surface area contributed by atoms with Gasteiger partial charge in [-0.3, -0.25) is 0 Å². The van der Waals surface area contributed by atoms with Crippen LogP contribution >= 0.6 is 0 Å². The van der Waals surface area contributed by atoms with Crippen molar-refractivity contribution in [1.29, 1.82) is 0 Å². The summed E-state index contributed by atoms with van der Waals surface area (Å²) < 4.78 is 0. The molecule has 1 saturated heterocycles. The summed E-state index contributed by atoms with van der Waals surface area (Å²) in [6.45, 7) is 9.32. The second-order valence-corrected chi connectivity index (χ2v) is 5.62. The van der Waals surface area contributed by atoms with Gasteiger partial charge in [0.25, 0.3) is 0 Å². The molecule has 2 rings (SSSR count). The summed E-state index contributed by atoms with van der Waals surface area (Å²) in [6.07, 6.45) is 4.14. The van der Waals surface area contributed by atoms with Crippen LogP contribution in [0.1, 0.15) is 31.7 Å². The summed E-state index contributed by atoms with van der Waals surface area (Å²) in [4.78, 5) is 2.61. The number of anilines is 1. The summed E-state index contributed by atoms with van der Waals surface area (Å²) in [5.74, 6) is 0.916. The molecule has 1 heterocycles. The van der Waals surface area contributed by atoms with E-state index in [4.69, 9.17) is 0 Å². The lowest BCUT2D eigenvalue weighted by molar-refractivity contribution is 0.292. The Bertz CT molecular complexity index is 362. The van der Waals surface area contributed by atoms with Crippen LogP contribution in [0.2, 0.25) is 0 Å². The van der Waals surface area contributed by atoms with E-state index in [9.17, 15) is 0 Å². The fourth-order valence-electron chi connectivity index (χ4n) is 2.67. The Hall–Kier alpha value is -1.02. The first kappa shape index (κ1) is 13.4. The minimum Gasteiger partial charge on any atom is -0.384 e. The zero-order chi connectivity index (χ0) is 12.8. The molecule has 1 fully saturated rings. The van der Waals surface area contributed by atoms with Crippen molar-refractivity contribution in [2.24, 2.45) is 5.92 Å². The fraction of sp³-hybridized carbons (Fsp3) is 0.625. The molecule has 2 heteroatoms. The van der Waals surface area contributed by atoms with E-state index in [2.05, 4.69) is 48.3 Å².